The van der Waals surface area contributed by atoms with Gasteiger partial charge >= 0.3 is 0 Å². The van der Waals surface area contributed by atoms with Gasteiger partial charge in [-0.3, -0.25) is 0 Å². The van der Waals surface area contributed by atoms with Crippen molar-refractivity contribution in [3.8, 4) is 0 Å². The van der Waals surface area contributed by atoms with Crippen molar-refractivity contribution in [2.45, 2.75) is 17.4 Å². The molecule has 2 aromatic carbocycles. The summed E-state index contributed by atoms with van der Waals surface area (Å²) in [5, 5.41) is 10.7. The molecular weight excluding hydrogens is 344 g/mol. The van der Waals surface area contributed by atoms with Crippen molar-refractivity contribution in [1.82, 2.24) is 0 Å². The van der Waals surface area contributed by atoms with Crippen molar-refractivity contribution in [1.29, 1.82) is 0 Å². The Morgan fingerprint density at radius 1 is 1.05 bits per heavy atom. The fraction of sp³-hybridized carbons (Fsp3) is 0.200. The summed E-state index contributed by atoms with van der Waals surface area (Å²) >= 11 is 10.9. The Bertz CT molecular complexity index is 513. The van der Waals surface area contributed by atoms with Gasteiger partial charge in [0, 0.05) is 20.1 Å². The fourth-order valence-electron chi connectivity index (χ4n) is 1.67. The molecule has 0 aliphatic rings. The zero-order valence-electron chi connectivity index (χ0n) is 10.2. The van der Waals surface area contributed by atoms with Crippen LogP contribution in [0.15, 0.2) is 57.9 Å². The van der Waals surface area contributed by atoms with Gasteiger partial charge in [-0.15, -0.1) is 11.8 Å². The molecule has 100 valence electrons. The number of benzene rings is 2. The van der Waals surface area contributed by atoms with E-state index in [1.807, 2.05) is 48.5 Å². The smallest absolute Gasteiger partial charge is 0.0674 e. The second-order valence-electron chi connectivity index (χ2n) is 4.25. The molecule has 0 spiro atoms. The summed E-state index contributed by atoms with van der Waals surface area (Å²) in [5.74, 6) is 0.685. The van der Waals surface area contributed by atoms with Crippen LogP contribution in [0.3, 0.4) is 0 Å². The van der Waals surface area contributed by atoms with E-state index in [-0.39, 0.29) is 6.10 Å². The van der Waals surface area contributed by atoms with E-state index in [0.717, 1.165) is 15.1 Å². The summed E-state index contributed by atoms with van der Waals surface area (Å²) in [6, 6.07) is 15.7. The molecule has 0 saturated heterocycles. The Hall–Kier alpha value is -0.480. The van der Waals surface area contributed by atoms with Crippen LogP contribution in [0.25, 0.3) is 0 Å². The second-order valence-corrected chi connectivity index (χ2v) is 6.69. The first kappa shape index (κ1) is 14.9. The molecule has 0 aliphatic heterocycles. The highest BCUT2D eigenvalue weighted by Gasteiger charge is 2.06. The highest BCUT2D eigenvalue weighted by Crippen LogP contribution is 2.22. The second kappa shape index (κ2) is 7.34. The van der Waals surface area contributed by atoms with Gasteiger partial charge in [-0.25, -0.2) is 0 Å². The van der Waals surface area contributed by atoms with E-state index in [0.29, 0.717) is 12.2 Å². The highest BCUT2D eigenvalue weighted by molar-refractivity contribution is 9.10. The SMILES string of the molecule is OC(CSc1ccc(Br)cc1)Cc1ccc(Cl)cc1. The third kappa shape index (κ3) is 5.19. The lowest BCUT2D eigenvalue weighted by molar-refractivity contribution is 0.200. The number of hydrogen-bond donors (Lipinski definition) is 1. The molecule has 0 radical (unpaired) electrons. The maximum absolute atomic E-state index is 10.0. The molecule has 0 aromatic heterocycles. The van der Waals surface area contributed by atoms with Crippen LogP contribution in [0.2, 0.25) is 5.02 Å². The quantitative estimate of drug-likeness (QED) is 0.776. The van der Waals surface area contributed by atoms with E-state index < -0.39 is 0 Å². The van der Waals surface area contributed by atoms with E-state index in [2.05, 4.69) is 15.9 Å². The molecule has 1 N–H and O–H groups in total. The Morgan fingerprint density at radius 3 is 2.32 bits per heavy atom. The zero-order chi connectivity index (χ0) is 13.7. The molecule has 0 bridgehead atoms. The third-order valence-electron chi connectivity index (χ3n) is 2.64. The molecule has 2 aromatic rings. The fourth-order valence-corrected chi connectivity index (χ4v) is 2.90. The molecule has 0 fully saturated rings. The molecule has 0 heterocycles. The average Bonchev–Trinajstić information content (AvgIpc) is 2.41. The summed E-state index contributed by atoms with van der Waals surface area (Å²) < 4.78 is 1.07. The van der Waals surface area contributed by atoms with Crippen LogP contribution >= 0.6 is 39.3 Å². The zero-order valence-corrected chi connectivity index (χ0v) is 13.4. The van der Waals surface area contributed by atoms with E-state index in [9.17, 15) is 5.11 Å². The van der Waals surface area contributed by atoms with Gasteiger partial charge < -0.3 is 5.11 Å². The minimum atomic E-state index is -0.352. The first-order valence-electron chi connectivity index (χ1n) is 5.94. The van der Waals surface area contributed by atoms with Gasteiger partial charge in [0.15, 0.2) is 0 Å². The van der Waals surface area contributed by atoms with Gasteiger partial charge in [0.25, 0.3) is 0 Å². The summed E-state index contributed by atoms with van der Waals surface area (Å²) in [7, 11) is 0. The van der Waals surface area contributed by atoms with Gasteiger partial charge in [-0.2, -0.15) is 0 Å². The largest absolute Gasteiger partial charge is 0.392 e. The number of aliphatic hydroxyl groups excluding tert-OH is 1. The van der Waals surface area contributed by atoms with E-state index in [1.165, 1.54) is 4.90 Å². The first-order chi connectivity index (χ1) is 9.13. The minimum Gasteiger partial charge on any atom is -0.392 e. The van der Waals surface area contributed by atoms with Gasteiger partial charge in [0.2, 0.25) is 0 Å². The number of hydrogen-bond acceptors (Lipinski definition) is 2. The maximum atomic E-state index is 10.0. The summed E-state index contributed by atoms with van der Waals surface area (Å²) in [5.41, 5.74) is 1.10. The van der Waals surface area contributed by atoms with Crippen molar-refractivity contribution in [3.63, 3.8) is 0 Å². The summed E-state index contributed by atoms with van der Waals surface area (Å²) in [6.07, 6.45) is 0.301. The lowest BCUT2D eigenvalue weighted by atomic mass is 10.1. The van der Waals surface area contributed by atoms with Crippen LogP contribution in [0.1, 0.15) is 5.56 Å². The topological polar surface area (TPSA) is 20.2 Å². The lowest BCUT2D eigenvalue weighted by Gasteiger charge is -2.10. The minimum absolute atomic E-state index is 0.352. The molecule has 2 rings (SSSR count). The van der Waals surface area contributed by atoms with Crippen LogP contribution in [-0.4, -0.2) is 17.0 Å². The van der Waals surface area contributed by atoms with Crippen LogP contribution < -0.4 is 0 Å². The van der Waals surface area contributed by atoms with Crippen molar-refractivity contribution < 1.29 is 5.11 Å². The molecule has 1 atom stereocenters. The predicted octanol–water partition coefficient (Wildman–Crippen LogP) is 4.80. The number of rotatable bonds is 5. The Morgan fingerprint density at radius 2 is 1.68 bits per heavy atom. The monoisotopic (exact) mass is 356 g/mol. The Kier molecular flexibility index (Phi) is 5.76. The van der Waals surface area contributed by atoms with Gasteiger partial charge in [0.1, 0.15) is 0 Å². The van der Waals surface area contributed by atoms with Crippen molar-refractivity contribution in [2.75, 3.05) is 5.75 Å². The summed E-state index contributed by atoms with van der Waals surface area (Å²) in [6.45, 7) is 0. The van der Waals surface area contributed by atoms with E-state index >= 15 is 0 Å². The van der Waals surface area contributed by atoms with E-state index in [4.69, 9.17) is 11.6 Å². The van der Waals surface area contributed by atoms with Gasteiger partial charge in [-0.1, -0.05) is 39.7 Å². The third-order valence-corrected chi connectivity index (χ3v) is 4.58. The van der Waals surface area contributed by atoms with Gasteiger partial charge in [-0.05, 0) is 48.4 Å². The van der Waals surface area contributed by atoms with Crippen LogP contribution in [0.5, 0.6) is 0 Å². The molecule has 0 amide bonds. The van der Waals surface area contributed by atoms with Crippen LogP contribution in [-0.2, 0) is 6.42 Å². The Labute approximate surface area is 131 Å². The lowest BCUT2D eigenvalue weighted by Crippen LogP contribution is -2.13. The number of halogens is 2. The van der Waals surface area contributed by atoms with E-state index in [1.54, 1.807) is 11.8 Å². The summed E-state index contributed by atoms with van der Waals surface area (Å²) in [4.78, 5) is 1.17. The standard InChI is InChI=1S/C15H14BrClOS/c16-12-3-7-15(8-4-12)19-10-14(18)9-11-1-5-13(17)6-2-11/h1-8,14,18H,9-10H2. The molecule has 4 heteroatoms. The molecular formula is C15H14BrClOS. The van der Waals surface area contributed by atoms with Crippen molar-refractivity contribution in [3.05, 3.63) is 63.6 Å². The Balaban J connectivity index is 1.82. The normalized spacial score (nSPS) is 12.4. The molecule has 0 saturated carbocycles. The average molecular weight is 358 g/mol. The molecule has 1 nitrogen and oxygen atoms in total. The van der Waals surface area contributed by atoms with Crippen molar-refractivity contribution >= 4 is 39.3 Å². The van der Waals surface area contributed by atoms with Gasteiger partial charge in [0.05, 0.1) is 6.10 Å². The molecule has 19 heavy (non-hydrogen) atoms. The number of aliphatic hydroxyl groups is 1. The maximum Gasteiger partial charge on any atom is 0.0674 e. The van der Waals surface area contributed by atoms with Crippen LogP contribution in [0.4, 0.5) is 0 Å². The highest BCUT2D eigenvalue weighted by atomic mass is 79.9. The molecule has 0 aliphatic carbocycles. The van der Waals surface area contributed by atoms with Crippen LogP contribution in [0, 0.1) is 0 Å². The number of thioether (sulfide) groups is 1. The predicted molar refractivity (Wildman–Crippen MR) is 86.0 cm³/mol. The van der Waals surface area contributed by atoms with Crippen molar-refractivity contribution in [2.24, 2.45) is 0 Å². The first-order valence-corrected chi connectivity index (χ1v) is 8.10. The molecule has 1 unspecified atom stereocenters.